The lowest BCUT2D eigenvalue weighted by atomic mass is 9.97. The first-order chi connectivity index (χ1) is 6.44. The maximum absolute atomic E-state index is 9.93. The Labute approximate surface area is 89.5 Å². The predicted molar refractivity (Wildman–Crippen MR) is 59.7 cm³/mol. The van der Waals surface area contributed by atoms with Crippen molar-refractivity contribution in [2.75, 3.05) is 7.11 Å². The summed E-state index contributed by atoms with van der Waals surface area (Å²) in [5, 5.41) is 11.9. The molecule has 80 valence electrons. The van der Waals surface area contributed by atoms with Crippen LogP contribution in [-0.2, 0) is 4.74 Å². The minimum absolute atomic E-state index is 0.269. The molecular formula is C11H18O2S. The van der Waals surface area contributed by atoms with Crippen LogP contribution in [0, 0.1) is 6.92 Å². The van der Waals surface area contributed by atoms with Gasteiger partial charge in [0.15, 0.2) is 0 Å². The number of aliphatic hydroxyl groups is 1. The van der Waals surface area contributed by atoms with Crippen molar-refractivity contribution in [2.24, 2.45) is 0 Å². The molecule has 3 heteroatoms. The number of thiophene rings is 1. The third-order valence-corrected chi connectivity index (χ3v) is 3.25. The molecule has 1 heterocycles. The molecule has 1 aromatic rings. The van der Waals surface area contributed by atoms with Crippen LogP contribution in [-0.4, -0.2) is 17.8 Å². The molecule has 14 heavy (non-hydrogen) atoms. The normalized spacial score (nSPS) is 14.4. The van der Waals surface area contributed by atoms with Gasteiger partial charge in [-0.1, -0.05) is 0 Å². The van der Waals surface area contributed by atoms with Crippen LogP contribution >= 0.6 is 11.3 Å². The van der Waals surface area contributed by atoms with E-state index in [1.54, 1.807) is 18.4 Å². The lowest BCUT2D eigenvalue weighted by Crippen LogP contribution is -2.25. The van der Waals surface area contributed by atoms with Gasteiger partial charge in [-0.05, 0) is 37.8 Å². The van der Waals surface area contributed by atoms with Crippen LogP contribution < -0.4 is 0 Å². The van der Waals surface area contributed by atoms with Gasteiger partial charge in [0.05, 0.1) is 11.7 Å². The Morgan fingerprint density at radius 1 is 1.57 bits per heavy atom. The fraction of sp³-hybridized carbons (Fsp3) is 0.636. The van der Waals surface area contributed by atoms with Crippen molar-refractivity contribution in [2.45, 2.75) is 38.9 Å². The average molecular weight is 214 g/mol. The highest BCUT2D eigenvalue weighted by molar-refractivity contribution is 7.10. The molecule has 2 nitrogen and oxygen atoms in total. The number of hydrogen-bond acceptors (Lipinski definition) is 3. The van der Waals surface area contributed by atoms with Crippen LogP contribution in [0.15, 0.2) is 11.4 Å². The molecule has 0 aliphatic heterocycles. The Morgan fingerprint density at radius 3 is 2.64 bits per heavy atom. The quantitative estimate of drug-likeness (QED) is 0.835. The second-order valence-corrected chi connectivity index (χ2v) is 5.29. The van der Waals surface area contributed by atoms with E-state index < -0.39 is 6.10 Å². The SMILES string of the molecule is COC(C)(C)CC(O)c1csc(C)c1. The first-order valence-corrected chi connectivity index (χ1v) is 5.61. The van der Waals surface area contributed by atoms with Crippen molar-refractivity contribution in [3.05, 3.63) is 21.9 Å². The maximum atomic E-state index is 9.93. The number of hydrogen-bond donors (Lipinski definition) is 1. The Kier molecular flexibility index (Phi) is 3.70. The van der Waals surface area contributed by atoms with E-state index in [9.17, 15) is 5.11 Å². The molecule has 0 radical (unpaired) electrons. The third kappa shape index (κ3) is 3.08. The summed E-state index contributed by atoms with van der Waals surface area (Å²) in [5.41, 5.74) is 0.729. The molecule has 1 unspecified atom stereocenters. The highest BCUT2D eigenvalue weighted by atomic mass is 32.1. The zero-order valence-electron chi connectivity index (χ0n) is 9.20. The van der Waals surface area contributed by atoms with Gasteiger partial charge in [0.2, 0.25) is 0 Å². The van der Waals surface area contributed by atoms with E-state index in [-0.39, 0.29) is 5.60 Å². The molecule has 0 bridgehead atoms. The second-order valence-electron chi connectivity index (χ2n) is 4.17. The molecule has 1 rings (SSSR count). The Hall–Kier alpha value is -0.380. The molecule has 0 fully saturated rings. The topological polar surface area (TPSA) is 29.5 Å². The second kappa shape index (κ2) is 4.43. The fourth-order valence-electron chi connectivity index (χ4n) is 1.31. The van der Waals surface area contributed by atoms with E-state index in [0.717, 1.165) is 5.56 Å². The Balaban J connectivity index is 2.63. The monoisotopic (exact) mass is 214 g/mol. The molecule has 1 aromatic heterocycles. The van der Waals surface area contributed by atoms with Gasteiger partial charge in [-0.25, -0.2) is 0 Å². The highest BCUT2D eigenvalue weighted by Crippen LogP contribution is 2.28. The highest BCUT2D eigenvalue weighted by Gasteiger charge is 2.22. The minimum atomic E-state index is -0.421. The van der Waals surface area contributed by atoms with Gasteiger partial charge in [0.25, 0.3) is 0 Å². The molecular weight excluding hydrogens is 196 g/mol. The summed E-state index contributed by atoms with van der Waals surface area (Å²) in [7, 11) is 1.67. The fourth-order valence-corrected chi connectivity index (χ4v) is 2.06. The first kappa shape index (κ1) is 11.7. The number of rotatable bonds is 4. The van der Waals surface area contributed by atoms with E-state index in [2.05, 4.69) is 0 Å². The summed E-state index contributed by atoms with van der Waals surface area (Å²) in [6.45, 7) is 6.01. The average Bonchev–Trinajstić information content (AvgIpc) is 2.51. The summed E-state index contributed by atoms with van der Waals surface area (Å²) in [5.74, 6) is 0. The third-order valence-electron chi connectivity index (χ3n) is 2.37. The summed E-state index contributed by atoms with van der Waals surface area (Å²) < 4.78 is 5.28. The zero-order chi connectivity index (χ0) is 10.8. The van der Waals surface area contributed by atoms with Crippen LogP contribution in [0.1, 0.15) is 36.8 Å². The van der Waals surface area contributed by atoms with Crippen LogP contribution in [0.3, 0.4) is 0 Å². The maximum Gasteiger partial charge on any atom is 0.0825 e. The number of methoxy groups -OCH3 is 1. The standard InChI is InChI=1S/C11H18O2S/c1-8-5-9(7-14-8)10(12)6-11(2,3)13-4/h5,7,10,12H,6H2,1-4H3. The van der Waals surface area contributed by atoms with Gasteiger partial charge in [0, 0.05) is 18.4 Å². The van der Waals surface area contributed by atoms with Crippen LogP contribution in [0.25, 0.3) is 0 Å². The largest absolute Gasteiger partial charge is 0.388 e. The zero-order valence-corrected chi connectivity index (χ0v) is 10.0. The van der Waals surface area contributed by atoms with Gasteiger partial charge in [-0.2, -0.15) is 0 Å². The smallest absolute Gasteiger partial charge is 0.0825 e. The number of ether oxygens (including phenoxy) is 1. The van der Waals surface area contributed by atoms with Gasteiger partial charge in [-0.3, -0.25) is 0 Å². The molecule has 0 saturated heterocycles. The minimum Gasteiger partial charge on any atom is -0.388 e. The number of aryl methyl sites for hydroxylation is 1. The van der Waals surface area contributed by atoms with Crippen LogP contribution in [0.2, 0.25) is 0 Å². The van der Waals surface area contributed by atoms with Gasteiger partial charge in [0.1, 0.15) is 0 Å². The Morgan fingerprint density at radius 2 is 2.21 bits per heavy atom. The van der Waals surface area contributed by atoms with E-state index >= 15 is 0 Å². The molecule has 0 spiro atoms. The molecule has 0 amide bonds. The molecule has 0 saturated carbocycles. The van der Waals surface area contributed by atoms with E-state index in [1.807, 2.05) is 32.2 Å². The van der Waals surface area contributed by atoms with Gasteiger partial charge >= 0.3 is 0 Å². The lowest BCUT2D eigenvalue weighted by molar-refractivity contribution is -0.0200. The summed E-state index contributed by atoms with van der Waals surface area (Å²) >= 11 is 1.67. The van der Waals surface area contributed by atoms with E-state index in [1.165, 1.54) is 4.88 Å². The Bertz CT molecular complexity index is 291. The lowest BCUT2D eigenvalue weighted by Gasteiger charge is -2.25. The molecule has 0 aliphatic carbocycles. The molecule has 1 N–H and O–H groups in total. The molecule has 0 aliphatic rings. The van der Waals surface area contributed by atoms with Crippen molar-refractivity contribution < 1.29 is 9.84 Å². The van der Waals surface area contributed by atoms with Crippen molar-refractivity contribution in [3.63, 3.8) is 0 Å². The van der Waals surface area contributed by atoms with Crippen molar-refractivity contribution in [1.29, 1.82) is 0 Å². The first-order valence-electron chi connectivity index (χ1n) is 4.73. The summed E-state index contributed by atoms with van der Waals surface area (Å²) in [4.78, 5) is 1.23. The van der Waals surface area contributed by atoms with Crippen molar-refractivity contribution in [3.8, 4) is 0 Å². The summed E-state index contributed by atoms with van der Waals surface area (Å²) in [6, 6.07) is 2.03. The van der Waals surface area contributed by atoms with Crippen molar-refractivity contribution in [1.82, 2.24) is 0 Å². The predicted octanol–water partition coefficient (Wildman–Crippen LogP) is 2.91. The molecule has 0 aromatic carbocycles. The van der Waals surface area contributed by atoms with Crippen molar-refractivity contribution >= 4 is 11.3 Å². The van der Waals surface area contributed by atoms with Gasteiger partial charge in [-0.15, -0.1) is 11.3 Å². The summed E-state index contributed by atoms with van der Waals surface area (Å²) in [6.07, 6.45) is 0.203. The van der Waals surface area contributed by atoms with Crippen LogP contribution in [0.4, 0.5) is 0 Å². The number of aliphatic hydroxyl groups excluding tert-OH is 1. The van der Waals surface area contributed by atoms with E-state index in [0.29, 0.717) is 6.42 Å². The van der Waals surface area contributed by atoms with E-state index in [4.69, 9.17) is 4.74 Å². The van der Waals surface area contributed by atoms with Gasteiger partial charge < -0.3 is 9.84 Å². The van der Waals surface area contributed by atoms with Crippen LogP contribution in [0.5, 0.6) is 0 Å². The molecule has 1 atom stereocenters.